The Kier molecular flexibility index (Phi) is 2.04. The van der Waals surface area contributed by atoms with Gasteiger partial charge in [-0.1, -0.05) is 0 Å². The van der Waals surface area contributed by atoms with E-state index in [1.165, 1.54) is 12.4 Å². The maximum atomic E-state index is 10.6. The molecule has 1 aromatic rings. The fourth-order valence-corrected chi connectivity index (χ4v) is 0.774. The van der Waals surface area contributed by atoms with Crippen molar-refractivity contribution in [2.45, 2.75) is 6.17 Å². The van der Waals surface area contributed by atoms with Crippen LogP contribution in [0, 0.1) is 10.1 Å². The third-order valence-electron chi connectivity index (χ3n) is 1.26. The van der Waals surface area contributed by atoms with Gasteiger partial charge in [0.1, 0.15) is 6.33 Å². The second-order valence-electron chi connectivity index (χ2n) is 2.07. The lowest BCUT2D eigenvalue weighted by molar-refractivity contribution is -0.531. The molecule has 1 rings (SSSR count). The van der Waals surface area contributed by atoms with Gasteiger partial charge in [0.05, 0.1) is 4.92 Å². The van der Waals surface area contributed by atoms with E-state index in [2.05, 4.69) is 4.98 Å². The summed E-state index contributed by atoms with van der Waals surface area (Å²) < 4.78 is 1.03. The molecule has 1 amide bonds. The molecule has 0 aliphatic heterocycles. The number of carbonyl (C=O) groups is 1. The average molecular weight is 170 g/mol. The summed E-state index contributed by atoms with van der Waals surface area (Å²) in [5.41, 5.74) is 4.80. The number of hydrogen-bond acceptors (Lipinski definition) is 4. The third-order valence-corrected chi connectivity index (χ3v) is 1.26. The Balaban J connectivity index is 2.96. The van der Waals surface area contributed by atoms with Crippen molar-refractivity contribution in [3.05, 3.63) is 28.8 Å². The van der Waals surface area contributed by atoms with E-state index in [0.717, 1.165) is 10.9 Å². The predicted octanol–water partition coefficient (Wildman–Crippen LogP) is -0.856. The fraction of sp³-hybridized carbons (Fsp3) is 0.200. The number of nitrogens with zero attached hydrogens (tertiary/aromatic N) is 3. The van der Waals surface area contributed by atoms with E-state index >= 15 is 0 Å². The summed E-state index contributed by atoms with van der Waals surface area (Å²) in [6.07, 6.45) is 2.24. The summed E-state index contributed by atoms with van der Waals surface area (Å²) in [5, 5.41) is 10.3. The van der Waals surface area contributed by atoms with Crippen LogP contribution < -0.4 is 5.73 Å². The monoisotopic (exact) mass is 170 g/mol. The van der Waals surface area contributed by atoms with Crippen molar-refractivity contribution in [1.82, 2.24) is 9.55 Å². The van der Waals surface area contributed by atoms with E-state index in [4.69, 9.17) is 5.73 Å². The van der Waals surface area contributed by atoms with Crippen molar-refractivity contribution in [1.29, 1.82) is 0 Å². The lowest BCUT2D eigenvalue weighted by Gasteiger charge is -2.04. The van der Waals surface area contributed by atoms with Crippen LogP contribution in [0.2, 0.25) is 0 Å². The van der Waals surface area contributed by atoms with Gasteiger partial charge >= 0.3 is 12.1 Å². The van der Waals surface area contributed by atoms with Gasteiger partial charge in [-0.2, -0.15) is 0 Å². The minimum atomic E-state index is -1.56. The Morgan fingerprint density at radius 2 is 2.42 bits per heavy atom. The molecule has 0 bridgehead atoms. The van der Waals surface area contributed by atoms with Gasteiger partial charge in [-0.05, 0) is 0 Å². The molecule has 0 radical (unpaired) electrons. The second kappa shape index (κ2) is 2.99. The zero-order valence-corrected chi connectivity index (χ0v) is 5.95. The first-order valence-corrected chi connectivity index (χ1v) is 3.03. The number of nitrogens with two attached hydrogens (primary N) is 1. The van der Waals surface area contributed by atoms with Crippen LogP contribution in [0.4, 0.5) is 0 Å². The molecular weight excluding hydrogens is 164 g/mol. The highest BCUT2D eigenvalue weighted by Crippen LogP contribution is 2.04. The van der Waals surface area contributed by atoms with Crippen LogP contribution in [0.1, 0.15) is 6.17 Å². The molecule has 7 heteroatoms. The molecule has 7 nitrogen and oxygen atoms in total. The highest BCUT2D eigenvalue weighted by Gasteiger charge is 2.28. The summed E-state index contributed by atoms with van der Waals surface area (Å²) in [6, 6.07) is 0. The van der Waals surface area contributed by atoms with Crippen LogP contribution in [0.5, 0.6) is 0 Å². The average Bonchev–Trinajstić information content (AvgIpc) is 2.37. The molecule has 1 atom stereocenters. The Bertz CT molecular complexity index is 280. The Hall–Kier alpha value is -1.92. The molecule has 1 aromatic heterocycles. The van der Waals surface area contributed by atoms with Gasteiger partial charge in [0.25, 0.3) is 0 Å². The number of nitro groups is 1. The van der Waals surface area contributed by atoms with Crippen LogP contribution in [0.3, 0.4) is 0 Å². The standard InChI is InChI=1S/C5H6N4O3/c6-4(10)5(9(11)12)8-2-1-7-3-8/h1-3,5H,(H2,6,10). The fourth-order valence-electron chi connectivity index (χ4n) is 0.774. The molecule has 64 valence electrons. The zero-order valence-electron chi connectivity index (χ0n) is 5.95. The summed E-state index contributed by atoms with van der Waals surface area (Å²) >= 11 is 0. The maximum absolute atomic E-state index is 10.6. The topological polar surface area (TPSA) is 104 Å². The van der Waals surface area contributed by atoms with Crippen molar-refractivity contribution < 1.29 is 9.72 Å². The van der Waals surface area contributed by atoms with Crippen LogP contribution >= 0.6 is 0 Å². The SMILES string of the molecule is NC(=O)C(n1ccnc1)[N+](=O)[O-]. The normalized spacial score (nSPS) is 12.3. The Morgan fingerprint density at radius 1 is 1.75 bits per heavy atom. The molecule has 12 heavy (non-hydrogen) atoms. The molecule has 0 aromatic carbocycles. The molecule has 0 spiro atoms. The first-order chi connectivity index (χ1) is 5.63. The van der Waals surface area contributed by atoms with Gasteiger partial charge in [-0.3, -0.25) is 19.5 Å². The molecule has 0 fully saturated rings. The lowest BCUT2D eigenvalue weighted by atomic mass is 10.5. The van der Waals surface area contributed by atoms with Crippen LogP contribution in [-0.4, -0.2) is 20.4 Å². The molecule has 0 saturated heterocycles. The summed E-state index contributed by atoms with van der Waals surface area (Å²) in [6.45, 7) is 0. The van der Waals surface area contributed by atoms with Gasteiger partial charge in [0, 0.05) is 12.4 Å². The summed E-state index contributed by atoms with van der Waals surface area (Å²) in [4.78, 5) is 23.7. The van der Waals surface area contributed by atoms with Gasteiger partial charge in [-0.25, -0.2) is 4.98 Å². The molecule has 2 N–H and O–H groups in total. The summed E-state index contributed by atoms with van der Waals surface area (Å²) in [7, 11) is 0. The van der Waals surface area contributed by atoms with Crippen molar-refractivity contribution in [3.8, 4) is 0 Å². The minimum Gasteiger partial charge on any atom is -0.362 e. The van der Waals surface area contributed by atoms with E-state index in [1.54, 1.807) is 0 Å². The molecule has 0 aliphatic rings. The molecule has 0 saturated carbocycles. The Labute approximate surface area is 67.0 Å². The van der Waals surface area contributed by atoms with Crippen molar-refractivity contribution >= 4 is 5.91 Å². The number of aromatic nitrogens is 2. The highest BCUT2D eigenvalue weighted by atomic mass is 16.6. The number of rotatable bonds is 3. The predicted molar refractivity (Wildman–Crippen MR) is 37.5 cm³/mol. The largest absolute Gasteiger partial charge is 0.369 e. The zero-order chi connectivity index (χ0) is 9.14. The lowest BCUT2D eigenvalue weighted by Crippen LogP contribution is -2.31. The highest BCUT2D eigenvalue weighted by molar-refractivity contribution is 5.76. The number of imidazole rings is 1. The van der Waals surface area contributed by atoms with E-state index in [-0.39, 0.29) is 0 Å². The first-order valence-electron chi connectivity index (χ1n) is 3.03. The Morgan fingerprint density at radius 3 is 2.75 bits per heavy atom. The van der Waals surface area contributed by atoms with Gasteiger partial charge in [0.2, 0.25) is 0 Å². The minimum absolute atomic E-state index is 0.774. The quantitative estimate of drug-likeness (QED) is 0.470. The van der Waals surface area contributed by atoms with Crippen LogP contribution in [0.25, 0.3) is 0 Å². The summed E-state index contributed by atoms with van der Waals surface area (Å²) in [5.74, 6) is -1.02. The smallest absolute Gasteiger partial charge is 0.362 e. The first kappa shape index (κ1) is 8.18. The van der Waals surface area contributed by atoms with E-state index in [9.17, 15) is 14.9 Å². The van der Waals surface area contributed by atoms with E-state index in [1.807, 2.05) is 0 Å². The van der Waals surface area contributed by atoms with Gasteiger partial charge < -0.3 is 5.73 Å². The van der Waals surface area contributed by atoms with E-state index in [0.29, 0.717) is 0 Å². The molecule has 1 unspecified atom stereocenters. The third kappa shape index (κ3) is 1.39. The number of hydrogen-bond donors (Lipinski definition) is 1. The van der Waals surface area contributed by atoms with Crippen molar-refractivity contribution in [2.75, 3.05) is 0 Å². The maximum Gasteiger partial charge on any atom is 0.369 e. The molecular formula is C5H6N4O3. The number of amides is 1. The number of carbonyl (C=O) groups excluding carboxylic acids is 1. The molecule has 0 aliphatic carbocycles. The van der Waals surface area contributed by atoms with Crippen LogP contribution in [-0.2, 0) is 4.79 Å². The molecule has 1 heterocycles. The van der Waals surface area contributed by atoms with Gasteiger partial charge in [-0.15, -0.1) is 0 Å². The number of primary amides is 1. The van der Waals surface area contributed by atoms with Crippen molar-refractivity contribution in [3.63, 3.8) is 0 Å². The van der Waals surface area contributed by atoms with E-state index < -0.39 is 17.0 Å². The van der Waals surface area contributed by atoms with Crippen LogP contribution in [0.15, 0.2) is 18.7 Å². The second-order valence-corrected chi connectivity index (χ2v) is 2.07. The van der Waals surface area contributed by atoms with Gasteiger partial charge in [0.15, 0.2) is 0 Å². The van der Waals surface area contributed by atoms with Crippen molar-refractivity contribution in [2.24, 2.45) is 5.73 Å².